The monoisotopic (exact) mass is 450 g/mol. The van der Waals surface area contributed by atoms with E-state index in [1.165, 1.54) is 31.5 Å². The summed E-state index contributed by atoms with van der Waals surface area (Å²) in [6, 6.07) is 7.98. The molecule has 0 radical (unpaired) electrons. The Hall–Kier alpha value is -0.530. The Morgan fingerprint density at radius 3 is 2.61 bits per heavy atom. The highest BCUT2D eigenvalue weighted by atomic mass is 127. The van der Waals surface area contributed by atoms with Gasteiger partial charge in [0.15, 0.2) is 5.96 Å². The van der Waals surface area contributed by atoms with E-state index in [9.17, 15) is 0 Å². The van der Waals surface area contributed by atoms with Crippen molar-refractivity contribution in [3.63, 3.8) is 0 Å². The normalized spacial score (nSPS) is 16.7. The second-order valence-electron chi connectivity index (χ2n) is 5.97. The predicted molar refractivity (Wildman–Crippen MR) is 110 cm³/mol. The number of hydrogen-bond acceptors (Lipinski definition) is 2. The topological polar surface area (TPSA) is 39.7 Å². The summed E-state index contributed by atoms with van der Waals surface area (Å²) in [7, 11) is 4.01. The molecule has 2 N–H and O–H groups in total. The summed E-state index contributed by atoms with van der Waals surface area (Å²) in [4.78, 5) is 6.69. The van der Waals surface area contributed by atoms with Crippen LogP contribution in [0.1, 0.15) is 18.4 Å². The molecule has 0 aliphatic carbocycles. The van der Waals surface area contributed by atoms with Crippen molar-refractivity contribution < 1.29 is 0 Å². The fourth-order valence-electron chi connectivity index (χ4n) is 2.74. The molecule has 0 amide bonds. The molecule has 0 saturated carbocycles. The summed E-state index contributed by atoms with van der Waals surface area (Å²) < 4.78 is 0. The van der Waals surface area contributed by atoms with Crippen molar-refractivity contribution in [1.82, 2.24) is 15.5 Å². The molecule has 1 heterocycles. The van der Waals surface area contributed by atoms with Gasteiger partial charge in [0.25, 0.3) is 0 Å². The number of aliphatic imine (C=N–C) groups is 1. The van der Waals surface area contributed by atoms with Crippen LogP contribution in [-0.2, 0) is 6.42 Å². The Balaban J connectivity index is 0.00000264. The van der Waals surface area contributed by atoms with Crippen molar-refractivity contribution in [3.05, 3.63) is 34.9 Å². The minimum Gasteiger partial charge on any atom is -0.356 e. The SMILES string of the molecule is CN=C(NCCc1ccccc1Cl)NCC1CCN(C)CC1.I. The number of rotatable bonds is 5. The first-order valence-electron chi connectivity index (χ1n) is 8.05. The number of nitrogens with zero attached hydrogens (tertiary/aromatic N) is 2. The van der Waals surface area contributed by atoms with Crippen LogP contribution in [0.2, 0.25) is 5.02 Å². The smallest absolute Gasteiger partial charge is 0.190 e. The van der Waals surface area contributed by atoms with Gasteiger partial charge in [-0.1, -0.05) is 29.8 Å². The van der Waals surface area contributed by atoms with E-state index in [2.05, 4.69) is 33.6 Å². The molecule has 1 aromatic rings. The largest absolute Gasteiger partial charge is 0.356 e. The Kier molecular flexibility index (Phi) is 9.90. The summed E-state index contributed by atoms with van der Waals surface area (Å²) in [6.07, 6.45) is 3.43. The summed E-state index contributed by atoms with van der Waals surface area (Å²) in [5.74, 6) is 1.63. The van der Waals surface area contributed by atoms with E-state index in [4.69, 9.17) is 11.6 Å². The number of likely N-dealkylation sites (tertiary alicyclic amines) is 1. The van der Waals surface area contributed by atoms with Crippen LogP contribution in [0.4, 0.5) is 0 Å². The molecule has 130 valence electrons. The molecule has 1 aliphatic heterocycles. The maximum absolute atomic E-state index is 6.17. The number of nitrogens with one attached hydrogen (secondary N) is 2. The Morgan fingerprint density at radius 2 is 1.96 bits per heavy atom. The molecule has 0 atom stereocenters. The van der Waals surface area contributed by atoms with Gasteiger partial charge in [-0.25, -0.2) is 0 Å². The number of hydrogen-bond donors (Lipinski definition) is 2. The Bertz CT molecular complexity index is 487. The van der Waals surface area contributed by atoms with Gasteiger partial charge < -0.3 is 15.5 Å². The van der Waals surface area contributed by atoms with Crippen LogP contribution in [0.3, 0.4) is 0 Å². The van der Waals surface area contributed by atoms with Crippen molar-refractivity contribution >= 4 is 41.5 Å². The van der Waals surface area contributed by atoms with Gasteiger partial charge in [-0.2, -0.15) is 0 Å². The molecule has 6 heteroatoms. The lowest BCUT2D eigenvalue weighted by Crippen LogP contribution is -2.42. The Labute approximate surface area is 162 Å². The number of piperidine rings is 1. The third kappa shape index (κ3) is 7.27. The molecule has 0 spiro atoms. The van der Waals surface area contributed by atoms with Gasteiger partial charge in [0, 0.05) is 25.2 Å². The highest BCUT2D eigenvalue weighted by molar-refractivity contribution is 14.0. The molecule has 23 heavy (non-hydrogen) atoms. The van der Waals surface area contributed by atoms with E-state index in [0.717, 1.165) is 36.4 Å². The minimum absolute atomic E-state index is 0. The van der Waals surface area contributed by atoms with Crippen LogP contribution in [0.15, 0.2) is 29.3 Å². The van der Waals surface area contributed by atoms with Crippen LogP contribution in [0, 0.1) is 5.92 Å². The van der Waals surface area contributed by atoms with E-state index in [0.29, 0.717) is 0 Å². The second-order valence-corrected chi connectivity index (χ2v) is 6.38. The first-order valence-corrected chi connectivity index (χ1v) is 8.43. The van der Waals surface area contributed by atoms with Gasteiger partial charge in [0.05, 0.1) is 0 Å². The van der Waals surface area contributed by atoms with E-state index >= 15 is 0 Å². The zero-order valence-electron chi connectivity index (χ0n) is 14.0. The molecule has 2 rings (SSSR count). The van der Waals surface area contributed by atoms with Crippen LogP contribution in [-0.4, -0.2) is 51.1 Å². The fourth-order valence-corrected chi connectivity index (χ4v) is 2.97. The zero-order valence-corrected chi connectivity index (χ0v) is 17.1. The molecule has 1 fully saturated rings. The number of benzene rings is 1. The summed E-state index contributed by atoms with van der Waals surface area (Å²) in [5.41, 5.74) is 1.17. The first kappa shape index (κ1) is 20.5. The van der Waals surface area contributed by atoms with Crippen molar-refractivity contribution in [3.8, 4) is 0 Å². The highest BCUT2D eigenvalue weighted by Crippen LogP contribution is 2.15. The summed E-state index contributed by atoms with van der Waals surface area (Å²) in [5, 5.41) is 7.64. The minimum atomic E-state index is 0. The van der Waals surface area contributed by atoms with Crippen LogP contribution < -0.4 is 10.6 Å². The maximum atomic E-state index is 6.17. The van der Waals surface area contributed by atoms with E-state index in [-0.39, 0.29) is 24.0 Å². The lowest BCUT2D eigenvalue weighted by Gasteiger charge is -2.29. The summed E-state index contributed by atoms with van der Waals surface area (Å²) in [6.45, 7) is 4.23. The molecule has 0 bridgehead atoms. The first-order chi connectivity index (χ1) is 10.7. The lowest BCUT2D eigenvalue weighted by molar-refractivity contribution is 0.220. The third-order valence-electron chi connectivity index (χ3n) is 4.26. The number of halogens is 2. The molecule has 0 unspecified atom stereocenters. The van der Waals surface area contributed by atoms with Crippen LogP contribution in [0.25, 0.3) is 0 Å². The number of guanidine groups is 1. The van der Waals surface area contributed by atoms with Gasteiger partial charge >= 0.3 is 0 Å². The summed E-state index contributed by atoms with van der Waals surface area (Å²) >= 11 is 6.17. The molecule has 4 nitrogen and oxygen atoms in total. The van der Waals surface area contributed by atoms with Gasteiger partial charge in [-0.15, -0.1) is 24.0 Å². The van der Waals surface area contributed by atoms with Crippen LogP contribution in [0.5, 0.6) is 0 Å². The lowest BCUT2D eigenvalue weighted by atomic mass is 9.97. The average molecular weight is 451 g/mol. The predicted octanol–water partition coefficient (Wildman–Crippen LogP) is 3.01. The molecule has 1 aromatic carbocycles. The molecule has 1 saturated heterocycles. The fraction of sp³-hybridized carbons (Fsp3) is 0.588. The van der Waals surface area contributed by atoms with Crippen molar-refractivity contribution in [2.24, 2.45) is 10.9 Å². The quantitative estimate of drug-likeness (QED) is 0.412. The van der Waals surface area contributed by atoms with Crippen LogP contribution >= 0.6 is 35.6 Å². The zero-order chi connectivity index (χ0) is 15.8. The molecular weight excluding hydrogens is 423 g/mol. The average Bonchev–Trinajstić information content (AvgIpc) is 2.54. The van der Waals surface area contributed by atoms with Gasteiger partial charge in [0.1, 0.15) is 0 Å². The van der Waals surface area contributed by atoms with E-state index in [1.54, 1.807) is 0 Å². The highest BCUT2D eigenvalue weighted by Gasteiger charge is 2.16. The van der Waals surface area contributed by atoms with E-state index in [1.807, 2.05) is 25.2 Å². The third-order valence-corrected chi connectivity index (χ3v) is 4.63. The standard InChI is InChI=1S/C17H27ClN4.HI/c1-19-17(21-13-14-8-11-22(2)12-9-14)20-10-7-15-5-3-4-6-16(15)18;/h3-6,14H,7-13H2,1-2H3,(H2,19,20,21);1H. The maximum Gasteiger partial charge on any atom is 0.190 e. The molecule has 0 aromatic heterocycles. The second kappa shape index (κ2) is 11.1. The van der Waals surface area contributed by atoms with Crippen molar-refractivity contribution in [2.45, 2.75) is 19.3 Å². The molecular formula is C17H28ClIN4. The molecule has 1 aliphatic rings. The Morgan fingerprint density at radius 1 is 1.26 bits per heavy atom. The van der Waals surface area contributed by atoms with Gasteiger partial charge in [-0.05, 0) is 56.9 Å². The van der Waals surface area contributed by atoms with Gasteiger partial charge in [0.2, 0.25) is 0 Å². The van der Waals surface area contributed by atoms with Gasteiger partial charge in [-0.3, -0.25) is 4.99 Å². The van der Waals surface area contributed by atoms with E-state index < -0.39 is 0 Å². The van der Waals surface area contributed by atoms with Crippen molar-refractivity contribution in [1.29, 1.82) is 0 Å². The van der Waals surface area contributed by atoms with Crippen molar-refractivity contribution in [2.75, 3.05) is 40.3 Å².